The largest absolute Gasteiger partial charge is 0.399 e. The van der Waals surface area contributed by atoms with Gasteiger partial charge in [-0.1, -0.05) is 6.07 Å². The van der Waals surface area contributed by atoms with Crippen molar-refractivity contribution in [2.45, 2.75) is 38.3 Å². The lowest BCUT2D eigenvalue weighted by Gasteiger charge is -2.35. The average Bonchev–Trinajstić information content (AvgIpc) is 2.30. The van der Waals surface area contributed by atoms with Crippen LogP contribution in [0.5, 0.6) is 0 Å². The molecule has 4 heteroatoms. The summed E-state index contributed by atoms with van der Waals surface area (Å²) in [7, 11) is 0. The van der Waals surface area contributed by atoms with Crippen molar-refractivity contribution in [1.29, 1.82) is 0 Å². The molecular weight excluding hydrogens is 238 g/mol. The van der Waals surface area contributed by atoms with Crippen molar-refractivity contribution in [3.63, 3.8) is 0 Å². The fourth-order valence-electron chi connectivity index (χ4n) is 2.65. The number of nitrogens with one attached hydrogen (secondary N) is 1. The molecule has 4 N–H and O–H groups in total. The lowest BCUT2D eigenvalue weighted by Crippen LogP contribution is -2.45. The average molecular weight is 263 g/mol. The van der Waals surface area contributed by atoms with Crippen LogP contribution in [0.1, 0.15) is 26.7 Å². The van der Waals surface area contributed by atoms with Gasteiger partial charge >= 0.3 is 0 Å². The Balaban J connectivity index is 1.80. The number of nitrogens with zero attached hydrogens (tertiary/aromatic N) is 1. The molecule has 1 aliphatic rings. The molecule has 0 aliphatic carbocycles. The van der Waals surface area contributed by atoms with Gasteiger partial charge in [0.2, 0.25) is 0 Å². The Morgan fingerprint density at radius 1 is 1.37 bits per heavy atom. The highest BCUT2D eigenvalue weighted by Crippen LogP contribution is 2.19. The van der Waals surface area contributed by atoms with Crippen LogP contribution in [0.25, 0.3) is 0 Å². The summed E-state index contributed by atoms with van der Waals surface area (Å²) in [4.78, 5) is 2.33. The maximum Gasteiger partial charge on any atom is 0.0718 e. The van der Waals surface area contributed by atoms with Gasteiger partial charge in [0.05, 0.1) is 5.60 Å². The van der Waals surface area contributed by atoms with E-state index in [0.29, 0.717) is 6.04 Å². The molecule has 1 heterocycles. The monoisotopic (exact) mass is 263 g/mol. The molecule has 19 heavy (non-hydrogen) atoms. The summed E-state index contributed by atoms with van der Waals surface area (Å²) in [6.07, 6.45) is 2.20. The van der Waals surface area contributed by atoms with Crippen LogP contribution in [0.15, 0.2) is 24.3 Å². The lowest BCUT2D eigenvalue weighted by atomic mass is 10.0. The number of anilines is 2. The first-order valence-electron chi connectivity index (χ1n) is 6.99. The second kappa shape index (κ2) is 5.80. The third kappa shape index (κ3) is 4.73. The molecule has 1 aromatic carbocycles. The van der Waals surface area contributed by atoms with Gasteiger partial charge < -0.3 is 21.1 Å². The number of hydrogen-bond donors (Lipinski definition) is 3. The van der Waals surface area contributed by atoms with Crippen molar-refractivity contribution in [3.05, 3.63) is 24.3 Å². The number of piperidine rings is 1. The van der Waals surface area contributed by atoms with Gasteiger partial charge in [-0.2, -0.15) is 0 Å². The van der Waals surface area contributed by atoms with E-state index in [1.54, 1.807) is 0 Å². The van der Waals surface area contributed by atoms with Crippen LogP contribution in [-0.4, -0.2) is 41.3 Å². The van der Waals surface area contributed by atoms with Gasteiger partial charge in [-0.15, -0.1) is 0 Å². The SMILES string of the molecule is CC(C)(O)CN1CCC(Nc2cccc(N)c2)CC1. The van der Waals surface area contributed by atoms with E-state index in [1.807, 2.05) is 32.0 Å². The van der Waals surface area contributed by atoms with Crippen LogP contribution in [0.3, 0.4) is 0 Å². The van der Waals surface area contributed by atoms with Gasteiger partial charge in [0.1, 0.15) is 0 Å². The Morgan fingerprint density at radius 3 is 2.63 bits per heavy atom. The van der Waals surface area contributed by atoms with Crippen molar-refractivity contribution < 1.29 is 5.11 Å². The highest BCUT2D eigenvalue weighted by molar-refractivity contribution is 5.54. The Bertz CT molecular complexity index is 406. The van der Waals surface area contributed by atoms with E-state index in [1.165, 1.54) is 0 Å². The summed E-state index contributed by atoms with van der Waals surface area (Å²) in [5.74, 6) is 0. The molecule has 0 unspecified atom stereocenters. The van der Waals surface area contributed by atoms with Crippen LogP contribution in [0.2, 0.25) is 0 Å². The van der Waals surface area contributed by atoms with E-state index in [9.17, 15) is 5.11 Å². The molecule has 0 atom stereocenters. The van der Waals surface area contributed by atoms with Crippen LogP contribution in [0.4, 0.5) is 11.4 Å². The van der Waals surface area contributed by atoms with E-state index in [4.69, 9.17) is 5.73 Å². The highest BCUT2D eigenvalue weighted by Gasteiger charge is 2.23. The second-order valence-electron chi connectivity index (χ2n) is 6.13. The quantitative estimate of drug-likeness (QED) is 0.726. The zero-order chi connectivity index (χ0) is 13.9. The molecule has 1 aliphatic heterocycles. The summed E-state index contributed by atoms with van der Waals surface area (Å²) in [5, 5.41) is 13.4. The van der Waals surface area contributed by atoms with E-state index in [2.05, 4.69) is 16.3 Å². The van der Waals surface area contributed by atoms with Crippen molar-refractivity contribution in [1.82, 2.24) is 4.90 Å². The maximum atomic E-state index is 9.83. The van der Waals surface area contributed by atoms with Crippen molar-refractivity contribution >= 4 is 11.4 Å². The molecule has 0 radical (unpaired) electrons. The molecule has 106 valence electrons. The molecule has 0 spiro atoms. The third-order valence-corrected chi connectivity index (χ3v) is 3.46. The van der Waals surface area contributed by atoms with Crippen molar-refractivity contribution in [3.8, 4) is 0 Å². The first-order valence-corrected chi connectivity index (χ1v) is 6.99. The molecule has 2 rings (SSSR count). The van der Waals surface area contributed by atoms with Crippen LogP contribution < -0.4 is 11.1 Å². The third-order valence-electron chi connectivity index (χ3n) is 3.46. The lowest BCUT2D eigenvalue weighted by molar-refractivity contribution is 0.0291. The van der Waals surface area contributed by atoms with Crippen molar-refractivity contribution in [2.24, 2.45) is 0 Å². The van der Waals surface area contributed by atoms with Crippen molar-refractivity contribution in [2.75, 3.05) is 30.7 Å². The van der Waals surface area contributed by atoms with Gasteiger partial charge in [0, 0.05) is 37.1 Å². The normalized spacial score (nSPS) is 18.5. The van der Waals surface area contributed by atoms with E-state index in [-0.39, 0.29) is 0 Å². The molecule has 1 saturated heterocycles. The standard InChI is InChI=1S/C15H25N3O/c1-15(2,19)11-18-8-6-13(7-9-18)17-14-5-3-4-12(16)10-14/h3-5,10,13,17,19H,6-9,11,16H2,1-2H3. The molecule has 4 nitrogen and oxygen atoms in total. The van der Waals surface area contributed by atoms with E-state index < -0.39 is 5.60 Å². The first kappa shape index (κ1) is 14.2. The Hall–Kier alpha value is -1.26. The van der Waals surface area contributed by atoms with Gasteiger partial charge in [-0.25, -0.2) is 0 Å². The number of rotatable bonds is 4. The van der Waals surface area contributed by atoms with Crippen LogP contribution in [-0.2, 0) is 0 Å². The zero-order valence-corrected chi connectivity index (χ0v) is 11.9. The maximum absolute atomic E-state index is 9.83. The summed E-state index contributed by atoms with van der Waals surface area (Å²) < 4.78 is 0. The number of benzene rings is 1. The summed E-state index contributed by atoms with van der Waals surface area (Å²) in [6.45, 7) is 6.54. The summed E-state index contributed by atoms with van der Waals surface area (Å²) >= 11 is 0. The van der Waals surface area contributed by atoms with Gasteiger partial charge in [0.15, 0.2) is 0 Å². The molecular formula is C15H25N3O. The minimum Gasteiger partial charge on any atom is -0.399 e. The minimum absolute atomic E-state index is 0.500. The number of aliphatic hydroxyl groups is 1. The molecule has 0 aromatic heterocycles. The Kier molecular flexibility index (Phi) is 4.32. The fourth-order valence-corrected chi connectivity index (χ4v) is 2.65. The Morgan fingerprint density at radius 2 is 2.05 bits per heavy atom. The molecule has 1 aromatic rings. The molecule has 0 saturated carbocycles. The molecule has 1 fully saturated rings. The number of β-amino-alcohol motifs (C(OH)–C–C–N with tert-alkyl or cyclic N) is 1. The van der Waals surface area contributed by atoms with E-state index in [0.717, 1.165) is 43.9 Å². The number of hydrogen-bond acceptors (Lipinski definition) is 4. The second-order valence-corrected chi connectivity index (χ2v) is 6.13. The highest BCUT2D eigenvalue weighted by atomic mass is 16.3. The zero-order valence-electron chi connectivity index (χ0n) is 11.9. The number of nitrogen functional groups attached to an aromatic ring is 1. The fraction of sp³-hybridized carbons (Fsp3) is 0.600. The molecule has 0 amide bonds. The summed E-state index contributed by atoms with van der Waals surface area (Å²) in [5.41, 5.74) is 7.07. The predicted octanol–water partition coefficient (Wildman–Crippen LogP) is 1.92. The van der Waals surface area contributed by atoms with Gasteiger partial charge in [0.25, 0.3) is 0 Å². The Labute approximate surface area is 115 Å². The van der Waals surface area contributed by atoms with Gasteiger partial charge in [-0.3, -0.25) is 0 Å². The van der Waals surface area contributed by atoms with E-state index >= 15 is 0 Å². The predicted molar refractivity (Wildman–Crippen MR) is 80.2 cm³/mol. The van der Waals surface area contributed by atoms with Crippen LogP contribution >= 0.6 is 0 Å². The first-order chi connectivity index (χ1) is 8.92. The van der Waals surface area contributed by atoms with Gasteiger partial charge in [-0.05, 0) is 44.9 Å². The number of nitrogens with two attached hydrogens (primary N) is 1. The number of likely N-dealkylation sites (tertiary alicyclic amines) is 1. The molecule has 0 bridgehead atoms. The topological polar surface area (TPSA) is 61.5 Å². The summed E-state index contributed by atoms with van der Waals surface area (Å²) in [6, 6.07) is 8.40. The minimum atomic E-state index is -0.603. The van der Waals surface area contributed by atoms with Crippen LogP contribution in [0, 0.1) is 0 Å². The smallest absolute Gasteiger partial charge is 0.0718 e.